The fraction of sp³-hybridized carbons (Fsp3) is 0.449. The molecule has 3 saturated heterocycles. The normalized spacial score (nSPS) is 17.5. The van der Waals surface area contributed by atoms with Crippen molar-refractivity contribution in [3.05, 3.63) is 179 Å². The molecule has 6 aliphatic heterocycles. The molecule has 0 saturated carbocycles. The number of rotatable bonds is 27. The molecule has 28 heteroatoms. The smallest absolute Gasteiger partial charge is 0.328 e. The summed E-state index contributed by atoms with van der Waals surface area (Å²) in [5.41, 5.74) is 9.71. The number of anilines is 2. The number of carboxylic acid groups (broad SMARTS) is 2. The maximum absolute atomic E-state index is 12.9. The molecule has 20 nitrogen and oxygen atoms in total. The number of hydrogen-bond acceptors (Lipinski definition) is 21. The van der Waals surface area contributed by atoms with E-state index >= 15 is 0 Å². The predicted molar refractivity (Wildman–Crippen MR) is 426 cm³/mol. The second-order valence-electron chi connectivity index (χ2n) is 25.7. The van der Waals surface area contributed by atoms with E-state index in [2.05, 4.69) is 102 Å². The summed E-state index contributed by atoms with van der Waals surface area (Å²) in [6, 6.07) is 39.2. The number of nitrogens with zero attached hydrogens (tertiary/aromatic N) is 6. The molecule has 576 valence electrons. The first-order valence-corrected chi connectivity index (χ1v) is 38.3. The summed E-state index contributed by atoms with van der Waals surface area (Å²) in [4.78, 5) is 40.7. The first-order valence-electron chi connectivity index (χ1n) is 35.6. The molecule has 0 aromatic heterocycles. The van der Waals surface area contributed by atoms with Crippen molar-refractivity contribution < 1.29 is 66.1 Å². The van der Waals surface area contributed by atoms with Crippen LogP contribution in [0.3, 0.4) is 0 Å². The van der Waals surface area contributed by atoms with Gasteiger partial charge in [0.2, 0.25) is 0 Å². The summed E-state index contributed by atoms with van der Waals surface area (Å²) in [6.45, 7) is 14.1. The fourth-order valence-corrected chi connectivity index (χ4v) is 15.1. The predicted octanol–water partition coefficient (Wildman–Crippen LogP) is 17.0. The summed E-state index contributed by atoms with van der Waals surface area (Å²) in [5, 5.41) is 29.0. The van der Waals surface area contributed by atoms with Crippen molar-refractivity contribution in [3.63, 3.8) is 0 Å². The number of halogens is 5. The number of nitrogens with one attached hydrogen (secondary N) is 3. The van der Waals surface area contributed by atoms with E-state index in [4.69, 9.17) is 48.4 Å². The van der Waals surface area contributed by atoms with Crippen LogP contribution >= 0.6 is 60.1 Å². The van der Waals surface area contributed by atoms with Gasteiger partial charge in [0.25, 0.3) is 10.5 Å². The molecule has 2 unspecified atom stereocenters. The third-order valence-corrected chi connectivity index (χ3v) is 21.2. The van der Waals surface area contributed by atoms with Crippen molar-refractivity contribution in [2.45, 2.75) is 119 Å². The summed E-state index contributed by atoms with van der Waals surface area (Å²) >= 11 is 4.78. The van der Waals surface area contributed by atoms with Crippen molar-refractivity contribution >= 4 is 116 Å². The van der Waals surface area contributed by atoms with Crippen LogP contribution < -0.4 is 30.2 Å². The van der Waals surface area contributed by atoms with Crippen molar-refractivity contribution in [2.24, 2.45) is 15.0 Å². The van der Waals surface area contributed by atoms with Crippen molar-refractivity contribution in [1.29, 1.82) is 0 Å². The fourth-order valence-electron chi connectivity index (χ4n) is 12.4. The molecule has 12 rings (SSSR count). The molecule has 2 atom stereocenters. The second-order valence-corrected chi connectivity index (χ2v) is 28.7. The Hall–Kier alpha value is -7.37. The van der Waals surface area contributed by atoms with Crippen LogP contribution in [0.1, 0.15) is 110 Å². The number of methoxy groups -OCH3 is 4. The lowest BCUT2D eigenvalue weighted by Crippen LogP contribution is -2.44. The first-order chi connectivity index (χ1) is 50.6. The number of thioether (sulfide) groups is 3. The number of aliphatic carboxylic acids is 2. The van der Waals surface area contributed by atoms with Gasteiger partial charge in [-0.15, -0.1) is 24.8 Å². The van der Waals surface area contributed by atoms with Gasteiger partial charge in [0.1, 0.15) is 45.6 Å². The summed E-state index contributed by atoms with van der Waals surface area (Å²) in [7, 11) is 6.69. The third kappa shape index (κ3) is 29.3. The van der Waals surface area contributed by atoms with Gasteiger partial charge in [0.05, 0.1) is 51.1 Å². The number of piperidine rings is 3. The SMILES string of the molecule is COC1=Nc2cc(NC3CCN(CCCCOc4ccc(F)cc4)CC3)ccc2C(OC)S1.COC1=Nc2cc(NC3CCN(CCCCOc4ccc(F)cc4)CC3)ccc2C(OC)S1.Cc1ccc2c(c1)CSC(NC1CCN(CCCCOc3ccc(F)cc3)CC1)=N2.Cl.Cl.O=C(O)C=CC(=O)O. The molecule has 0 bridgehead atoms. The van der Waals surface area contributed by atoms with Crippen molar-refractivity contribution in [1.82, 2.24) is 20.0 Å². The van der Waals surface area contributed by atoms with E-state index < -0.39 is 11.9 Å². The number of likely N-dealkylation sites (tertiary alicyclic amines) is 3. The monoisotopic (exact) mass is 1560 g/mol. The number of benzene rings is 6. The number of carbonyl (C=O) groups is 2. The Morgan fingerprint density at radius 1 is 0.481 bits per heavy atom. The van der Waals surface area contributed by atoms with E-state index in [1.165, 1.54) is 71.0 Å². The number of amidine groups is 1. The number of aliphatic imine (C=N–C) groups is 3. The Balaban J connectivity index is 0.000000209. The van der Waals surface area contributed by atoms with Crippen LogP contribution in [-0.4, -0.2) is 178 Å². The maximum Gasteiger partial charge on any atom is 0.328 e. The Kier molecular flexibility index (Phi) is 37.3. The Bertz CT molecular complexity index is 3610. The number of unbranched alkanes of at least 4 members (excludes halogenated alkanes) is 3. The average molecular weight is 1560 g/mol. The largest absolute Gasteiger partial charge is 0.494 e. The molecule has 3 fully saturated rings. The molecule has 0 aliphatic carbocycles. The van der Waals surface area contributed by atoms with Crippen LogP contribution in [-0.2, 0) is 34.3 Å². The highest BCUT2D eigenvalue weighted by Crippen LogP contribution is 2.44. The van der Waals surface area contributed by atoms with Crippen LogP contribution in [0.2, 0.25) is 0 Å². The summed E-state index contributed by atoms with van der Waals surface area (Å²) < 4.78 is 77.6. The summed E-state index contributed by atoms with van der Waals surface area (Å²) in [5.74, 6) is -0.0171. The highest BCUT2D eigenvalue weighted by atomic mass is 35.5. The number of aryl methyl sites for hydroxylation is 1. The Morgan fingerprint density at radius 3 is 1.20 bits per heavy atom. The van der Waals surface area contributed by atoms with E-state index in [0.717, 1.165) is 204 Å². The van der Waals surface area contributed by atoms with E-state index in [1.807, 2.05) is 11.8 Å². The van der Waals surface area contributed by atoms with Gasteiger partial charge in [-0.3, -0.25) is 0 Å². The highest BCUT2D eigenvalue weighted by molar-refractivity contribution is 8.14. The molecule has 0 spiro atoms. The van der Waals surface area contributed by atoms with Crippen molar-refractivity contribution in [3.8, 4) is 17.2 Å². The van der Waals surface area contributed by atoms with E-state index in [9.17, 15) is 22.8 Å². The van der Waals surface area contributed by atoms with Crippen LogP contribution in [0, 0.1) is 24.4 Å². The van der Waals surface area contributed by atoms with Gasteiger partial charge < -0.3 is 74.0 Å². The number of carboxylic acids is 2. The standard InChI is InChI=1S/2C25H32FN3O3S.C24H30FN3OS.C4H4O4.2ClH/c2*1-30-24-22-10-7-20(17-23(22)28-25(31-2)33-24)27-19-11-14-29(15-12-19)13-3-4-16-32-21-8-5-18(26)6-9-21;1-18-4-9-23-19(16-18)17-30-24(27-23)26-21-10-13-28(14-11-21)12-2-3-15-29-22-7-5-20(25)6-8-22;5-3(6)1-2-4(7)8;;/h2*5-10,17,19,24,27H,3-4,11-16H2,1-2H3;4-9,16,21H,2-3,10-15,17H2,1H3,(H,26,27);1-2H,(H,5,6)(H,7,8);2*1H. The van der Waals surface area contributed by atoms with Crippen LogP contribution in [0.4, 0.5) is 41.6 Å². The van der Waals surface area contributed by atoms with Crippen molar-refractivity contribution in [2.75, 3.05) is 118 Å². The molecule has 6 aromatic rings. The molecule has 6 heterocycles. The van der Waals surface area contributed by atoms with Gasteiger partial charge in [-0.25, -0.2) is 37.7 Å². The van der Waals surface area contributed by atoms with Gasteiger partial charge >= 0.3 is 11.9 Å². The quantitative estimate of drug-likeness (QED) is 0.0239. The second kappa shape index (κ2) is 46.1. The third-order valence-electron chi connectivity index (χ3n) is 18.1. The molecule has 106 heavy (non-hydrogen) atoms. The summed E-state index contributed by atoms with van der Waals surface area (Å²) in [6.07, 6.45) is 14.2. The van der Waals surface area contributed by atoms with Gasteiger partial charge in [-0.05, 0) is 236 Å². The average Bonchev–Trinajstić information content (AvgIpc) is 0.807. The molecule has 6 aliphatic rings. The minimum Gasteiger partial charge on any atom is -0.494 e. The lowest BCUT2D eigenvalue weighted by Gasteiger charge is -2.33. The lowest BCUT2D eigenvalue weighted by molar-refractivity contribution is -0.134. The lowest BCUT2D eigenvalue weighted by atomic mass is 10.0. The zero-order chi connectivity index (χ0) is 73.4. The number of hydrogen-bond donors (Lipinski definition) is 5. The first kappa shape index (κ1) is 85.9. The zero-order valence-electron chi connectivity index (χ0n) is 60.8. The minimum absolute atomic E-state index is 0. The highest BCUT2D eigenvalue weighted by Gasteiger charge is 2.28. The molecule has 0 radical (unpaired) electrons. The van der Waals surface area contributed by atoms with Crippen LogP contribution in [0.25, 0.3) is 0 Å². The Labute approximate surface area is 646 Å². The van der Waals surface area contributed by atoms with Gasteiger partial charge in [0, 0.05) is 112 Å². The van der Waals surface area contributed by atoms with Gasteiger partial charge in [-0.2, -0.15) is 0 Å². The van der Waals surface area contributed by atoms with E-state index in [-0.39, 0.29) is 53.1 Å². The molecular formula is C78H100Cl2F3N9O11S3. The molecule has 6 aromatic carbocycles. The van der Waals surface area contributed by atoms with E-state index in [1.54, 1.807) is 64.8 Å². The molecular weight excluding hydrogens is 1460 g/mol. The van der Waals surface area contributed by atoms with Crippen LogP contribution in [0.15, 0.2) is 155 Å². The molecule has 5 N–H and O–H groups in total. The Morgan fingerprint density at radius 2 is 0.849 bits per heavy atom. The van der Waals surface area contributed by atoms with Gasteiger partial charge in [0.15, 0.2) is 5.17 Å². The number of fused-ring (bicyclic) bond motifs is 3. The maximum atomic E-state index is 12.9. The number of ether oxygens (including phenoxy) is 7. The minimum atomic E-state index is -1.26. The van der Waals surface area contributed by atoms with E-state index in [0.29, 0.717) is 60.6 Å². The molecule has 0 amide bonds. The van der Waals surface area contributed by atoms with Gasteiger partial charge in [-0.1, -0.05) is 41.6 Å². The topological polar surface area (TPSA) is 222 Å². The zero-order valence-corrected chi connectivity index (χ0v) is 64.9. The van der Waals surface area contributed by atoms with Crippen LogP contribution in [0.5, 0.6) is 17.2 Å².